The van der Waals surface area contributed by atoms with E-state index in [4.69, 9.17) is 15.2 Å². The second kappa shape index (κ2) is 5.54. The van der Waals surface area contributed by atoms with Gasteiger partial charge in [0.2, 0.25) is 5.91 Å². The van der Waals surface area contributed by atoms with E-state index in [2.05, 4.69) is 5.32 Å². The lowest BCUT2D eigenvalue weighted by Crippen LogP contribution is -2.51. The molecule has 1 unspecified atom stereocenters. The van der Waals surface area contributed by atoms with Gasteiger partial charge in [0.05, 0.1) is 19.4 Å². The van der Waals surface area contributed by atoms with E-state index in [9.17, 15) is 4.79 Å². The van der Waals surface area contributed by atoms with Crippen molar-refractivity contribution in [3.63, 3.8) is 0 Å². The molecular weight excluding hydrogens is 220 g/mol. The summed E-state index contributed by atoms with van der Waals surface area (Å²) in [6, 6.07) is 7.31. The van der Waals surface area contributed by atoms with Crippen LogP contribution in [0.25, 0.3) is 0 Å². The minimum Gasteiger partial charge on any atom is -0.495 e. The van der Waals surface area contributed by atoms with Crippen LogP contribution in [0.4, 0.5) is 5.69 Å². The minimum atomic E-state index is -0.969. The van der Waals surface area contributed by atoms with Gasteiger partial charge in [-0.15, -0.1) is 0 Å². The average Bonchev–Trinajstić information content (AvgIpc) is 2.30. The fraction of sp³-hybridized carbons (Fsp3) is 0.417. The standard InChI is InChI=1S/C12H18N2O3/c1-12(8-16-2,11(13)15)14-9-6-4-5-7-10(9)17-3/h4-7,14H,8H2,1-3H3,(H2,13,15). The van der Waals surface area contributed by atoms with Gasteiger partial charge in [-0.3, -0.25) is 4.79 Å². The number of nitrogens with one attached hydrogen (secondary N) is 1. The predicted molar refractivity (Wildman–Crippen MR) is 66.1 cm³/mol. The number of benzene rings is 1. The Bertz CT molecular complexity index is 395. The van der Waals surface area contributed by atoms with Crippen LogP contribution in [0.3, 0.4) is 0 Å². The van der Waals surface area contributed by atoms with Crippen molar-refractivity contribution in [2.45, 2.75) is 12.5 Å². The Morgan fingerprint density at radius 1 is 1.41 bits per heavy atom. The SMILES string of the molecule is COCC(C)(Nc1ccccc1OC)C(N)=O. The molecule has 5 nitrogen and oxygen atoms in total. The van der Waals surface area contributed by atoms with Gasteiger partial charge in [-0.2, -0.15) is 0 Å². The molecule has 94 valence electrons. The van der Waals surface area contributed by atoms with Crippen LogP contribution in [-0.2, 0) is 9.53 Å². The number of anilines is 1. The second-order valence-corrected chi connectivity index (χ2v) is 3.95. The number of amides is 1. The molecule has 0 aliphatic rings. The van der Waals surface area contributed by atoms with Crippen molar-refractivity contribution in [1.82, 2.24) is 0 Å². The average molecular weight is 238 g/mol. The number of hydrogen-bond acceptors (Lipinski definition) is 4. The molecule has 17 heavy (non-hydrogen) atoms. The number of carbonyl (C=O) groups is 1. The van der Waals surface area contributed by atoms with Crippen molar-refractivity contribution in [2.24, 2.45) is 5.73 Å². The van der Waals surface area contributed by atoms with Crippen LogP contribution < -0.4 is 15.8 Å². The molecule has 0 saturated heterocycles. The third-order valence-corrected chi connectivity index (χ3v) is 2.49. The number of hydrogen-bond donors (Lipinski definition) is 2. The molecule has 0 radical (unpaired) electrons. The lowest BCUT2D eigenvalue weighted by atomic mass is 10.0. The molecule has 1 aromatic rings. The van der Waals surface area contributed by atoms with Crippen molar-refractivity contribution in [1.29, 1.82) is 0 Å². The Hall–Kier alpha value is -1.75. The zero-order valence-corrected chi connectivity index (χ0v) is 10.3. The molecule has 0 fully saturated rings. The molecule has 0 spiro atoms. The summed E-state index contributed by atoms with van der Waals surface area (Å²) in [5.41, 5.74) is 5.11. The third kappa shape index (κ3) is 3.10. The number of rotatable bonds is 6. The van der Waals surface area contributed by atoms with Crippen LogP contribution >= 0.6 is 0 Å². The van der Waals surface area contributed by atoms with E-state index in [0.717, 1.165) is 0 Å². The van der Waals surface area contributed by atoms with Gasteiger partial charge in [0.15, 0.2) is 0 Å². The Balaban J connectivity index is 2.97. The maximum atomic E-state index is 11.5. The fourth-order valence-corrected chi connectivity index (χ4v) is 1.50. The molecule has 5 heteroatoms. The number of ether oxygens (including phenoxy) is 2. The summed E-state index contributed by atoms with van der Waals surface area (Å²) in [5, 5.41) is 3.05. The molecule has 0 bridgehead atoms. The van der Waals surface area contributed by atoms with Gasteiger partial charge in [0.1, 0.15) is 11.3 Å². The van der Waals surface area contributed by atoms with Crippen molar-refractivity contribution in [2.75, 3.05) is 26.1 Å². The monoisotopic (exact) mass is 238 g/mol. The summed E-state index contributed by atoms with van der Waals surface area (Å²) in [6.07, 6.45) is 0. The molecular formula is C12H18N2O3. The Morgan fingerprint density at radius 3 is 2.59 bits per heavy atom. The molecule has 1 aromatic carbocycles. The molecule has 3 N–H and O–H groups in total. The molecule has 1 rings (SSSR count). The van der Waals surface area contributed by atoms with Crippen molar-refractivity contribution >= 4 is 11.6 Å². The van der Waals surface area contributed by atoms with Crippen LogP contribution in [0.2, 0.25) is 0 Å². The highest BCUT2D eigenvalue weighted by atomic mass is 16.5. The van der Waals surface area contributed by atoms with Crippen LogP contribution in [0.5, 0.6) is 5.75 Å². The molecule has 0 aliphatic carbocycles. The quantitative estimate of drug-likeness (QED) is 0.775. The van der Waals surface area contributed by atoms with Crippen LogP contribution in [0, 0.1) is 0 Å². The zero-order valence-electron chi connectivity index (χ0n) is 10.3. The smallest absolute Gasteiger partial charge is 0.245 e. The highest BCUT2D eigenvalue weighted by Gasteiger charge is 2.31. The Labute approximate surface area is 101 Å². The third-order valence-electron chi connectivity index (χ3n) is 2.49. The van der Waals surface area contributed by atoms with Crippen molar-refractivity contribution in [3.05, 3.63) is 24.3 Å². The number of para-hydroxylation sites is 2. The van der Waals surface area contributed by atoms with Crippen molar-refractivity contribution < 1.29 is 14.3 Å². The summed E-state index contributed by atoms with van der Waals surface area (Å²) in [5.74, 6) is 0.168. The number of methoxy groups -OCH3 is 2. The minimum absolute atomic E-state index is 0.181. The first-order chi connectivity index (χ1) is 8.03. The van der Waals surface area contributed by atoms with E-state index in [1.165, 1.54) is 7.11 Å². The first-order valence-electron chi connectivity index (χ1n) is 5.23. The van der Waals surface area contributed by atoms with Gasteiger partial charge in [0.25, 0.3) is 0 Å². The van der Waals surface area contributed by atoms with Crippen LogP contribution in [-0.4, -0.2) is 32.3 Å². The van der Waals surface area contributed by atoms with Gasteiger partial charge in [-0.25, -0.2) is 0 Å². The van der Waals surface area contributed by atoms with E-state index in [1.807, 2.05) is 18.2 Å². The largest absolute Gasteiger partial charge is 0.495 e. The number of nitrogens with two attached hydrogens (primary N) is 1. The molecule has 0 aromatic heterocycles. The number of carbonyl (C=O) groups excluding carboxylic acids is 1. The van der Waals surface area contributed by atoms with Gasteiger partial charge in [0, 0.05) is 7.11 Å². The van der Waals surface area contributed by atoms with Gasteiger partial charge < -0.3 is 20.5 Å². The van der Waals surface area contributed by atoms with Crippen molar-refractivity contribution in [3.8, 4) is 5.75 Å². The van der Waals surface area contributed by atoms with E-state index in [0.29, 0.717) is 11.4 Å². The molecule has 0 aliphatic heterocycles. The topological polar surface area (TPSA) is 73.6 Å². The summed E-state index contributed by atoms with van der Waals surface area (Å²) in [6.45, 7) is 1.87. The predicted octanol–water partition coefficient (Wildman–Crippen LogP) is 0.997. The summed E-state index contributed by atoms with van der Waals surface area (Å²) >= 11 is 0. The highest BCUT2D eigenvalue weighted by Crippen LogP contribution is 2.26. The molecule has 0 saturated carbocycles. The lowest BCUT2D eigenvalue weighted by Gasteiger charge is -2.28. The molecule has 0 heterocycles. The second-order valence-electron chi connectivity index (χ2n) is 3.95. The maximum absolute atomic E-state index is 11.5. The Morgan fingerprint density at radius 2 is 2.06 bits per heavy atom. The van der Waals surface area contributed by atoms with Crippen LogP contribution in [0.1, 0.15) is 6.92 Å². The van der Waals surface area contributed by atoms with E-state index >= 15 is 0 Å². The summed E-state index contributed by atoms with van der Waals surface area (Å²) in [4.78, 5) is 11.5. The summed E-state index contributed by atoms with van der Waals surface area (Å²) < 4.78 is 10.2. The summed E-state index contributed by atoms with van der Waals surface area (Å²) in [7, 11) is 3.09. The maximum Gasteiger partial charge on any atom is 0.245 e. The van der Waals surface area contributed by atoms with Crippen LogP contribution in [0.15, 0.2) is 24.3 Å². The first-order valence-corrected chi connectivity index (χ1v) is 5.23. The first kappa shape index (κ1) is 13.3. The number of primary amides is 1. The van der Waals surface area contributed by atoms with Gasteiger partial charge >= 0.3 is 0 Å². The highest BCUT2D eigenvalue weighted by molar-refractivity contribution is 5.88. The fourth-order valence-electron chi connectivity index (χ4n) is 1.50. The normalized spacial score (nSPS) is 13.8. The van der Waals surface area contributed by atoms with E-state index < -0.39 is 11.4 Å². The zero-order chi connectivity index (χ0) is 12.9. The van der Waals surface area contributed by atoms with Gasteiger partial charge in [-0.05, 0) is 19.1 Å². The Kier molecular flexibility index (Phi) is 4.34. The molecule has 1 atom stereocenters. The van der Waals surface area contributed by atoms with E-state index in [1.54, 1.807) is 20.1 Å². The van der Waals surface area contributed by atoms with Gasteiger partial charge in [-0.1, -0.05) is 12.1 Å². The van der Waals surface area contributed by atoms with E-state index in [-0.39, 0.29) is 6.61 Å². The lowest BCUT2D eigenvalue weighted by molar-refractivity contribution is -0.123. The molecule has 1 amide bonds.